The molecule has 23 heavy (non-hydrogen) atoms. The van der Waals surface area contributed by atoms with Crippen LogP contribution < -0.4 is 4.72 Å². The van der Waals surface area contributed by atoms with Gasteiger partial charge in [0.1, 0.15) is 11.9 Å². The predicted molar refractivity (Wildman–Crippen MR) is 88.5 cm³/mol. The molecule has 0 bridgehead atoms. The minimum Gasteiger partial charge on any atom is -0.343 e. The van der Waals surface area contributed by atoms with Crippen LogP contribution in [0.2, 0.25) is 0 Å². The molecule has 1 aliphatic heterocycles. The number of thiophene rings is 1. The van der Waals surface area contributed by atoms with E-state index in [0.717, 1.165) is 4.88 Å². The van der Waals surface area contributed by atoms with Crippen molar-refractivity contribution in [2.45, 2.75) is 25.2 Å². The first-order valence-electron chi connectivity index (χ1n) is 7.36. The molecule has 1 aliphatic rings. The molecule has 9 heteroatoms. The summed E-state index contributed by atoms with van der Waals surface area (Å²) in [6, 6.07) is 3.86. The van der Waals surface area contributed by atoms with Crippen LogP contribution >= 0.6 is 11.3 Å². The maximum Gasteiger partial charge on any atom is 0.238 e. The van der Waals surface area contributed by atoms with Gasteiger partial charge in [-0.1, -0.05) is 6.07 Å². The molecule has 0 unspecified atom stereocenters. The highest BCUT2D eigenvalue weighted by Gasteiger charge is 2.34. The number of alkyl halides is 1. The van der Waals surface area contributed by atoms with Gasteiger partial charge in [0.25, 0.3) is 0 Å². The lowest BCUT2D eigenvalue weighted by Crippen LogP contribution is -2.43. The van der Waals surface area contributed by atoms with Crippen molar-refractivity contribution in [2.75, 3.05) is 32.9 Å². The van der Waals surface area contributed by atoms with E-state index in [0.29, 0.717) is 26.1 Å². The van der Waals surface area contributed by atoms with Gasteiger partial charge in [-0.3, -0.25) is 9.69 Å². The van der Waals surface area contributed by atoms with Crippen LogP contribution in [-0.4, -0.2) is 69.3 Å². The summed E-state index contributed by atoms with van der Waals surface area (Å²) in [6.45, 7) is 1.32. The molecule has 6 nitrogen and oxygen atoms in total. The molecule has 130 valence electrons. The fourth-order valence-corrected chi connectivity index (χ4v) is 4.09. The van der Waals surface area contributed by atoms with Gasteiger partial charge >= 0.3 is 0 Å². The third-order valence-corrected chi connectivity index (χ3v) is 6.06. The van der Waals surface area contributed by atoms with Crippen molar-refractivity contribution in [1.82, 2.24) is 14.5 Å². The number of likely N-dealkylation sites (N-methyl/N-ethyl adjacent to an activating group) is 1. The topological polar surface area (TPSA) is 69.7 Å². The number of nitrogens with one attached hydrogen (secondary N) is 1. The number of nitrogens with zero attached hydrogens (tertiary/aromatic N) is 2. The first-order chi connectivity index (χ1) is 10.8. The Morgan fingerprint density at radius 1 is 1.57 bits per heavy atom. The number of carbonyl (C=O) groups excluding carboxylic acids is 1. The average molecular weight is 363 g/mol. The van der Waals surface area contributed by atoms with E-state index in [1.54, 1.807) is 18.4 Å². The highest BCUT2D eigenvalue weighted by atomic mass is 32.2. The lowest BCUT2D eigenvalue weighted by Gasteiger charge is -2.28. The van der Waals surface area contributed by atoms with Gasteiger partial charge in [-0.2, -0.15) is 0 Å². The summed E-state index contributed by atoms with van der Waals surface area (Å²) >= 11 is 1.62. The van der Waals surface area contributed by atoms with Crippen molar-refractivity contribution in [1.29, 1.82) is 0 Å². The van der Waals surface area contributed by atoms with Crippen molar-refractivity contribution >= 4 is 27.3 Å². The molecule has 2 atom stereocenters. The van der Waals surface area contributed by atoms with E-state index in [4.69, 9.17) is 0 Å². The average Bonchev–Trinajstić information content (AvgIpc) is 3.09. The monoisotopic (exact) mass is 363 g/mol. The minimum absolute atomic E-state index is 0.0988. The molecule has 1 amide bonds. The zero-order valence-electron chi connectivity index (χ0n) is 13.2. The first kappa shape index (κ1) is 18.3. The van der Waals surface area contributed by atoms with Crippen molar-refractivity contribution < 1.29 is 17.6 Å². The van der Waals surface area contributed by atoms with E-state index >= 15 is 0 Å². The summed E-state index contributed by atoms with van der Waals surface area (Å²) in [4.78, 5) is 16.6. The Morgan fingerprint density at radius 2 is 2.30 bits per heavy atom. The summed E-state index contributed by atoms with van der Waals surface area (Å²) in [5.74, 6) is -1.07. The lowest BCUT2D eigenvalue weighted by atomic mass is 10.2. The molecular formula is C14H22FN3O3S2. The van der Waals surface area contributed by atoms with Crippen LogP contribution in [0.15, 0.2) is 17.5 Å². The Labute approximate surface area is 140 Å². The molecular weight excluding hydrogens is 341 g/mol. The summed E-state index contributed by atoms with van der Waals surface area (Å²) in [5, 5.41) is 1.98. The van der Waals surface area contributed by atoms with Crippen LogP contribution in [0, 0.1) is 0 Å². The Kier molecular flexibility index (Phi) is 6.12. The summed E-state index contributed by atoms with van der Waals surface area (Å²) in [6.07, 6.45) is -0.550. The smallest absolute Gasteiger partial charge is 0.238 e. The number of likely N-dealkylation sites (tertiary alicyclic amines) is 1. The summed E-state index contributed by atoms with van der Waals surface area (Å²) < 4.78 is 38.8. The Hall–Kier alpha value is -1.03. The van der Waals surface area contributed by atoms with Gasteiger partial charge in [-0.25, -0.2) is 17.5 Å². The number of amides is 1. The normalized spacial score (nSPS) is 22.4. The third-order valence-electron chi connectivity index (χ3n) is 3.95. The molecule has 0 saturated carbocycles. The zero-order valence-corrected chi connectivity index (χ0v) is 14.9. The van der Waals surface area contributed by atoms with Gasteiger partial charge < -0.3 is 4.90 Å². The van der Waals surface area contributed by atoms with Crippen LogP contribution in [-0.2, 0) is 21.4 Å². The molecule has 1 fully saturated rings. The number of rotatable bonds is 7. The standard InChI is InChI=1S/C14H22FN3O3S2/c1-16-23(20,21)10-14(19)17(2)8-12-6-11(15)7-18(12)9-13-4-3-5-22-13/h3-5,11-12,16H,6-10H2,1-2H3/t11-,12-/m0/s1. The Bertz CT molecular complexity index is 621. The summed E-state index contributed by atoms with van der Waals surface area (Å²) in [5.41, 5.74) is 0. The van der Waals surface area contributed by atoms with Gasteiger partial charge in [0, 0.05) is 37.6 Å². The predicted octanol–water partition coefficient (Wildman–Crippen LogP) is 0.668. The molecule has 1 N–H and O–H groups in total. The fraction of sp³-hybridized carbons (Fsp3) is 0.643. The molecule has 0 aromatic carbocycles. The van der Waals surface area contributed by atoms with Crippen molar-refractivity contribution in [3.63, 3.8) is 0 Å². The highest BCUT2D eigenvalue weighted by molar-refractivity contribution is 7.90. The molecule has 0 aliphatic carbocycles. The largest absolute Gasteiger partial charge is 0.343 e. The van der Waals surface area contributed by atoms with Gasteiger partial charge in [-0.15, -0.1) is 11.3 Å². The second-order valence-corrected chi connectivity index (χ2v) is 8.69. The van der Waals surface area contributed by atoms with Crippen molar-refractivity contribution in [2.24, 2.45) is 0 Å². The first-order valence-corrected chi connectivity index (χ1v) is 9.89. The van der Waals surface area contributed by atoms with Gasteiger partial charge in [0.05, 0.1) is 0 Å². The van der Waals surface area contributed by atoms with E-state index < -0.39 is 27.9 Å². The van der Waals surface area contributed by atoms with Crippen LogP contribution in [0.4, 0.5) is 4.39 Å². The van der Waals surface area contributed by atoms with E-state index in [-0.39, 0.29) is 6.04 Å². The zero-order chi connectivity index (χ0) is 17.0. The maximum atomic E-state index is 13.8. The Balaban J connectivity index is 1.95. The van der Waals surface area contributed by atoms with Gasteiger partial charge in [0.15, 0.2) is 0 Å². The minimum atomic E-state index is -3.59. The molecule has 2 rings (SSSR count). The lowest BCUT2D eigenvalue weighted by molar-refractivity contribution is -0.127. The van der Waals surface area contributed by atoms with Crippen LogP contribution in [0.5, 0.6) is 0 Å². The SMILES string of the molecule is CNS(=O)(=O)CC(=O)N(C)C[C@@H]1C[C@H](F)CN1Cc1cccs1. The van der Waals surface area contributed by atoms with E-state index in [2.05, 4.69) is 4.72 Å². The maximum absolute atomic E-state index is 13.8. The van der Waals surface area contributed by atoms with E-state index in [1.807, 2.05) is 22.4 Å². The second-order valence-electron chi connectivity index (χ2n) is 5.73. The van der Waals surface area contributed by atoms with Gasteiger partial charge in [-0.05, 0) is 24.9 Å². The number of hydrogen-bond acceptors (Lipinski definition) is 5. The molecule has 1 aromatic rings. The second kappa shape index (κ2) is 7.69. The number of carbonyl (C=O) groups is 1. The van der Waals surface area contributed by atoms with E-state index in [1.165, 1.54) is 11.9 Å². The van der Waals surface area contributed by atoms with E-state index in [9.17, 15) is 17.6 Å². The van der Waals surface area contributed by atoms with Crippen molar-refractivity contribution in [3.8, 4) is 0 Å². The van der Waals surface area contributed by atoms with Gasteiger partial charge in [0.2, 0.25) is 15.9 Å². The third kappa shape index (κ3) is 5.23. The van der Waals surface area contributed by atoms with Crippen molar-refractivity contribution in [3.05, 3.63) is 22.4 Å². The molecule has 1 saturated heterocycles. The molecule has 2 heterocycles. The number of hydrogen-bond donors (Lipinski definition) is 1. The molecule has 1 aromatic heterocycles. The van der Waals surface area contributed by atoms with Crippen LogP contribution in [0.3, 0.4) is 0 Å². The fourth-order valence-electron chi connectivity index (χ4n) is 2.67. The Morgan fingerprint density at radius 3 is 2.91 bits per heavy atom. The summed E-state index contributed by atoms with van der Waals surface area (Å²) in [7, 11) is -0.758. The van der Waals surface area contributed by atoms with Crippen LogP contribution in [0.1, 0.15) is 11.3 Å². The van der Waals surface area contributed by atoms with Crippen LogP contribution in [0.25, 0.3) is 0 Å². The highest BCUT2D eigenvalue weighted by Crippen LogP contribution is 2.24. The number of sulfonamides is 1. The quantitative estimate of drug-likeness (QED) is 0.773. The molecule has 0 spiro atoms. The molecule has 0 radical (unpaired) electrons. The number of halogens is 1.